The molecule has 0 saturated heterocycles. The van der Waals surface area contributed by atoms with E-state index >= 15 is 0 Å². The number of rotatable bonds is 5. The first-order valence-electron chi connectivity index (χ1n) is 7.65. The van der Waals surface area contributed by atoms with E-state index in [0.717, 1.165) is 24.3 Å². The number of aromatic nitrogens is 2. The van der Waals surface area contributed by atoms with Crippen molar-refractivity contribution in [3.05, 3.63) is 29.6 Å². The van der Waals surface area contributed by atoms with Crippen LogP contribution >= 0.6 is 0 Å². The number of aryl methyl sites for hydroxylation is 1. The van der Waals surface area contributed by atoms with Crippen molar-refractivity contribution in [2.75, 3.05) is 0 Å². The van der Waals surface area contributed by atoms with Gasteiger partial charge >= 0.3 is 0 Å². The summed E-state index contributed by atoms with van der Waals surface area (Å²) in [5, 5.41) is 0. The van der Waals surface area contributed by atoms with Gasteiger partial charge in [0.1, 0.15) is 5.82 Å². The van der Waals surface area contributed by atoms with Crippen molar-refractivity contribution in [3.63, 3.8) is 0 Å². The van der Waals surface area contributed by atoms with Crippen LogP contribution in [0, 0.1) is 5.92 Å². The van der Waals surface area contributed by atoms with Crippen molar-refractivity contribution in [2.24, 2.45) is 11.7 Å². The molecule has 0 bridgehead atoms. The Morgan fingerprint density at radius 3 is 2.40 bits per heavy atom. The van der Waals surface area contributed by atoms with E-state index in [4.69, 9.17) is 10.7 Å². The first-order valence-corrected chi connectivity index (χ1v) is 7.65. The van der Waals surface area contributed by atoms with E-state index in [1.54, 1.807) is 0 Å². The Labute approximate surface area is 122 Å². The standard InChI is InChI=1S/C17H27N3/c1-11(2)8-9-20-16-7-6-14(12(3)4)10-15(16)19-17(20)13(5)18/h6-7,10-13H,8-9,18H2,1-5H3. The van der Waals surface area contributed by atoms with Crippen LogP contribution < -0.4 is 5.73 Å². The Balaban J connectivity index is 2.49. The van der Waals surface area contributed by atoms with Gasteiger partial charge in [0.15, 0.2) is 0 Å². The van der Waals surface area contributed by atoms with Crippen LogP contribution in [0.25, 0.3) is 11.0 Å². The summed E-state index contributed by atoms with van der Waals surface area (Å²) in [7, 11) is 0. The Morgan fingerprint density at radius 2 is 1.85 bits per heavy atom. The van der Waals surface area contributed by atoms with E-state index in [1.807, 2.05) is 6.92 Å². The van der Waals surface area contributed by atoms with Gasteiger partial charge in [-0.25, -0.2) is 4.98 Å². The lowest BCUT2D eigenvalue weighted by Crippen LogP contribution is -2.14. The summed E-state index contributed by atoms with van der Waals surface area (Å²) in [5.41, 5.74) is 9.72. The molecular formula is C17H27N3. The van der Waals surface area contributed by atoms with Crippen molar-refractivity contribution in [1.82, 2.24) is 9.55 Å². The second kappa shape index (κ2) is 5.96. The highest BCUT2D eigenvalue weighted by atomic mass is 15.1. The number of hydrogen-bond donors (Lipinski definition) is 1. The summed E-state index contributed by atoms with van der Waals surface area (Å²) in [4.78, 5) is 4.77. The van der Waals surface area contributed by atoms with E-state index in [2.05, 4.69) is 50.5 Å². The SMILES string of the molecule is CC(C)CCn1c(C(C)N)nc2cc(C(C)C)ccc21. The Bertz CT molecular complexity index is 579. The first kappa shape index (κ1) is 15.0. The van der Waals surface area contributed by atoms with E-state index in [0.29, 0.717) is 11.8 Å². The summed E-state index contributed by atoms with van der Waals surface area (Å²) >= 11 is 0. The first-order chi connectivity index (χ1) is 9.40. The fourth-order valence-electron chi connectivity index (χ4n) is 2.49. The van der Waals surface area contributed by atoms with Crippen LogP contribution in [-0.2, 0) is 6.54 Å². The fraction of sp³-hybridized carbons (Fsp3) is 0.588. The minimum Gasteiger partial charge on any atom is -0.327 e. The van der Waals surface area contributed by atoms with Gasteiger partial charge in [-0.2, -0.15) is 0 Å². The van der Waals surface area contributed by atoms with Gasteiger partial charge in [-0.3, -0.25) is 0 Å². The van der Waals surface area contributed by atoms with Gasteiger partial charge in [0.25, 0.3) is 0 Å². The molecule has 0 aliphatic rings. The second-order valence-electron chi connectivity index (χ2n) is 6.50. The van der Waals surface area contributed by atoms with Crippen LogP contribution in [0.1, 0.15) is 64.4 Å². The maximum atomic E-state index is 6.10. The van der Waals surface area contributed by atoms with Crippen molar-refractivity contribution in [3.8, 4) is 0 Å². The smallest absolute Gasteiger partial charge is 0.126 e. The zero-order chi connectivity index (χ0) is 14.9. The molecule has 2 N–H and O–H groups in total. The van der Waals surface area contributed by atoms with Crippen LogP contribution in [0.5, 0.6) is 0 Å². The van der Waals surface area contributed by atoms with Gasteiger partial charge in [-0.1, -0.05) is 33.8 Å². The van der Waals surface area contributed by atoms with Gasteiger partial charge in [-0.05, 0) is 42.9 Å². The van der Waals surface area contributed by atoms with Crippen molar-refractivity contribution < 1.29 is 0 Å². The highest BCUT2D eigenvalue weighted by Crippen LogP contribution is 2.25. The van der Waals surface area contributed by atoms with Crippen LogP contribution in [0.15, 0.2) is 18.2 Å². The highest BCUT2D eigenvalue weighted by Gasteiger charge is 2.15. The molecule has 0 radical (unpaired) electrons. The average Bonchev–Trinajstić information content (AvgIpc) is 2.73. The molecule has 110 valence electrons. The molecule has 1 aromatic carbocycles. The average molecular weight is 273 g/mol. The molecular weight excluding hydrogens is 246 g/mol. The molecule has 1 aromatic heterocycles. The molecule has 2 aromatic rings. The topological polar surface area (TPSA) is 43.8 Å². The number of nitrogens with zero attached hydrogens (tertiary/aromatic N) is 2. The number of imidazole rings is 1. The monoisotopic (exact) mass is 273 g/mol. The largest absolute Gasteiger partial charge is 0.327 e. The third-order valence-electron chi connectivity index (χ3n) is 3.81. The molecule has 3 heteroatoms. The van der Waals surface area contributed by atoms with Crippen molar-refractivity contribution in [1.29, 1.82) is 0 Å². The maximum Gasteiger partial charge on any atom is 0.126 e. The third kappa shape index (κ3) is 3.04. The van der Waals surface area contributed by atoms with Crippen molar-refractivity contribution in [2.45, 2.75) is 59.5 Å². The summed E-state index contributed by atoms with van der Waals surface area (Å²) in [6, 6.07) is 6.59. The summed E-state index contributed by atoms with van der Waals surface area (Å²) < 4.78 is 2.30. The quantitative estimate of drug-likeness (QED) is 0.886. The molecule has 3 nitrogen and oxygen atoms in total. The van der Waals surface area contributed by atoms with Gasteiger partial charge in [0.05, 0.1) is 17.1 Å². The molecule has 20 heavy (non-hydrogen) atoms. The number of fused-ring (bicyclic) bond motifs is 1. The third-order valence-corrected chi connectivity index (χ3v) is 3.81. The summed E-state index contributed by atoms with van der Waals surface area (Å²) in [6.45, 7) is 11.9. The summed E-state index contributed by atoms with van der Waals surface area (Å²) in [6.07, 6.45) is 1.15. The predicted molar refractivity (Wildman–Crippen MR) is 85.9 cm³/mol. The molecule has 1 heterocycles. The minimum atomic E-state index is -0.0305. The molecule has 0 saturated carbocycles. The van der Waals surface area contributed by atoms with Gasteiger partial charge in [0, 0.05) is 6.54 Å². The summed E-state index contributed by atoms with van der Waals surface area (Å²) in [5.74, 6) is 2.21. The Morgan fingerprint density at radius 1 is 1.15 bits per heavy atom. The van der Waals surface area contributed by atoms with Gasteiger partial charge < -0.3 is 10.3 Å². The molecule has 0 amide bonds. The van der Waals surface area contributed by atoms with Crippen LogP contribution in [0.3, 0.4) is 0 Å². The van der Waals surface area contributed by atoms with Crippen LogP contribution in [-0.4, -0.2) is 9.55 Å². The van der Waals surface area contributed by atoms with Crippen molar-refractivity contribution >= 4 is 11.0 Å². The van der Waals surface area contributed by atoms with Gasteiger partial charge in [0.2, 0.25) is 0 Å². The highest BCUT2D eigenvalue weighted by molar-refractivity contribution is 5.77. The van der Waals surface area contributed by atoms with E-state index < -0.39 is 0 Å². The molecule has 2 rings (SSSR count). The number of benzene rings is 1. The lowest BCUT2D eigenvalue weighted by molar-refractivity contribution is 0.503. The molecule has 0 spiro atoms. The van der Waals surface area contributed by atoms with E-state index in [9.17, 15) is 0 Å². The zero-order valence-corrected chi connectivity index (χ0v) is 13.4. The van der Waals surface area contributed by atoms with Crippen LogP contribution in [0.2, 0.25) is 0 Å². The predicted octanol–water partition coefficient (Wildman–Crippen LogP) is 4.23. The van der Waals surface area contributed by atoms with E-state index in [-0.39, 0.29) is 6.04 Å². The zero-order valence-electron chi connectivity index (χ0n) is 13.4. The fourth-order valence-corrected chi connectivity index (χ4v) is 2.49. The van der Waals surface area contributed by atoms with Gasteiger partial charge in [-0.15, -0.1) is 0 Å². The molecule has 0 aliphatic carbocycles. The molecule has 1 atom stereocenters. The maximum absolute atomic E-state index is 6.10. The van der Waals surface area contributed by atoms with Crippen LogP contribution in [0.4, 0.5) is 0 Å². The number of nitrogens with two attached hydrogens (primary N) is 1. The molecule has 0 aliphatic heterocycles. The molecule has 0 fully saturated rings. The second-order valence-corrected chi connectivity index (χ2v) is 6.50. The normalized spacial score (nSPS) is 13.6. The lowest BCUT2D eigenvalue weighted by atomic mass is 10.0. The Kier molecular flexibility index (Phi) is 4.48. The lowest BCUT2D eigenvalue weighted by Gasteiger charge is -2.13. The molecule has 1 unspecified atom stereocenters. The Hall–Kier alpha value is -1.35. The number of hydrogen-bond acceptors (Lipinski definition) is 2. The van der Waals surface area contributed by atoms with E-state index in [1.165, 1.54) is 11.1 Å². The minimum absolute atomic E-state index is 0.0305.